The van der Waals surface area contributed by atoms with Gasteiger partial charge in [0.15, 0.2) is 0 Å². The van der Waals surface area contributed by atoms with Crippen molar-refractivity contribution in [3.8, 4) is 0 Å². The molecule has 0 aromatic rings. The molecule has 0 bridgehead atoms. The Hall–Kier alpha value is -1.54. The average molecular weight is 880 g/mol. The minimum atomic E-state index is -4.53. The van der Waals surface area contributed by atoms with Crippen molar-refractivity contribution in [1.82, 2.24) is 0 Å². The van der Waals surface area contributed by atoms with Crippen molar-refractivity contribution in [3.63, 3.8) is 0 Å². The SMILES string of the molecule is CCC/C=C\C/C=C\CCCCCCCC(=O)OC(COCCCCCCCCCCCCCCCC/C=C\C/C=C\CCCCCCC)COP(=O)([O-])OCC[N+](C)(C)C. The molecule has 0 spiro atoms. The molecule has 0 aromatic carbocycles. The normalized spacial score (nSPS) is 14.0. The number of nitrogens with zero attached hydrogens (tertiary/aromatic N) is 1. The highest BCUT2D eigenvalue weighted by Crippen LogP contribution is 2.38. The number of allylic oxidation sites excluding steroid dienone is 8. The lowest BCUT2D eigenvalue weighted by Crippen LogP contribution is -2.37. The lowest BCUT2D eigenvalue weighted by atomic mass is 10.0. The third kappa shape index (κ3) is 49.3. The van der Waals surface area contributed by atoms with Gasteiger partial charge in [-0.1, -0.05) is 191 Å². The van der Waals surface area contributed by atoms with Gasteiger partial charge in [-0.3, -0.25) is 9.36 Å². The molecule has 0 fully saturated rings. The van der Waals surface area contributed by atoms with Crippen LogP contribution in [0.5, 0.6) is 0 Å². The first-order chi connectivity index (χ1) is 29.6. The van der Waals surface area contributed by atoms with E-state index >= 15 is 0 Å². The molecule has 8 nitrogen and oxygen atoms in total. The molecular weight excluding hydrogens is 782 g/mol. The summed E-state index contributed by atoms with van der Waals surface area (Å²) in [6, 6.07) is 0. The van der Waals surface area contributed by atoms with Gasteiger partial charge in [-0.15, -0.1) is 0 Å². The lowest BCUT2D eigenvalue weighted by Gasteiger charge is -2.28. The van der Waals surface area contributed by atoms with E-state index in [1.165, 1.54) is 128 Å². The minimum absolute atomic E-state index is 0.0225. The van der Waals surface area contributed by atoms with E-state index in [1.807, 2.05) is 21.1 Å². The van der Waals surface area contributed by atoms with E-state index in [2.05, 4.69) is 62.5 Å². The van der Waals surface area contributed by atoms with Crippen LogP contribution in [0.2, 0.25) is 0 Å². The van der Waals surface area contributed by atoms with Crippen LogP contribution in [0.4, 0.5) is 0 Å². The Morgan fingerprint density at radius 3 is 1.39 bits per heavy atom. The zero-order valence-corrected chi connectivity index (χ0v) is 41.5. The highest BCUT2D eigenvalue weighted by Gasteiger charge is 2.20. The highest BCUT2D eigenvalue weighted by atomic mass is 31.2. The molecule has 0 saturated carbocycles. The summed E-state index contributed by atoms with van der Waals surface area (Å²) in [5.41, 5.74) is 0. The number of esters is 1. The molecule has 0 rings (SSSR count). The Kier molecular flexibility index (Phi) is 43.9. The Labute approximate surface area is 378 Å². The molecular formula is C52H98NO7P. The Morgan fingerprint density at radius 1 is 0.508 bits per heavy atom. The second kappa shape index (κ2) is 45.0. The van der Waals surface area contributed by atoms with Crippen molar-refractivity contribution in [1.29, 1.82) is 0 Å². The molecule has 9 heteroatoms. The van der Waals surface area contributed by atoms with Crippen molar-refractivity contribution in [2.45, 2.75) is 225 Å². The molecule has 358 valence electrons. The molecule has 0 aromatic heterocycles. The number of likely N-dealkylation sites (N-methyl/N-ethyl adjacent to an activating group) is 1. The smallest absolute Gasteiger partial charge is 0.306 e. The molecule has 61 heavy (non-hydrogen) atoms. The van der Waals surface area contributed by atoms with Gasteiger partial charge in [-0.2, -0.15) is 0 Å². The number of hydrogen-bond donors (Lipinski definition) is 0. The predicted molar refractivity (Wildman–Crippen MR) is 259 cm³/mol. The summed E-state index contributed by atoms with van der Waals surface area (Å²) in [4.78, 5) is 25.1. The summed E-state index contributed by atoms with van der Waals surface area (Å²) in [7, 11) is 1.35. The number of hydrogen-bond acceptors (Lipinski definition) is 7. The van der Waals surface area contributed by atoms with Gasteiger partial charge < -0.3 is 27.9 Å². The summed E-state index contributed by atoms with van der Waals surface area (Å²) in [5, 5.41) is 0. The second-order valence-electron chi connectivity index (χ2n) is 18.2. The van der Waals surface area contributed by atoms with Gasteiger partial charge in [0, 0.05) is 13.0 Å². The van der Waals surface area contributed by atoms with Gasteiger partial charge >= 0.3 is 5.97 Å². The summed E-state index contributed by atoms with van der Waals surface area (Å²) in [6.07, 6.45) is 55.7. The van der Waals surface area contributed by atoms with E-state index in [0.717, 1.165) is 70.6 Å². The third-order valence-electron chi connectivity index (χ3n) is 10.8. The van der Waals surface area contributed by atoms with Crippen molar-refractivity contribution in [2.75, 3.05) is 54.1 Å². The largest absolute Gasteiger partial charge is 0.756 e. The van der Waals surface area contributed by atoms with E-state index in [4.69, 9.17) is 18.5 Å². The van der Waals surface area contributed by atoms with E-state index < -0.39 is 13.9 Å². The summed E-state index contributed by atoms with van der Waals surface area (Å²) >= 11 is 0. The number of ether oxygens (including phenoxy) is 2. The summed E-state index contributed by atoms with van der Waals surface area (Å²) in [6.45, 7) is 5.33. The first kappa shape index (κ1) is 59.5. The zero-order valence-electron chi connectivity index (χ0n) is 40.6. The van der Waals surface area contributed by atoms with Crippen molar-refractivity contribution in [3.05, 3.63) is 48.6 Å². The van der Waals surface area contributed by atoms with Crippen LogP contribution in [0.3, 0.4) is 0 Å². The number of carbonyl (C=O) groups is 1. The van der Waals surface area contributed by atoms with Crippen LogP contribution in [-0.4, -0.2) is 70.7 Å². The molecule has 0 aliphatic rings. The van der Waals surface area contributed by atoms with Crippen molar-refractivity contribution < 1.29 is 37.3 Å². The summed E-state index contributed by atoms with van der Waals surface area (Å²) < 4.78 is 34.7. The molecule has 0 heterocycles. The third-order valence-corrected chi connectivity index (χ3v) is 11.8. The van der Waals surface area contributed by atoms with Crippen LogP contribution in [0.1, 0.15) is 219 Å². The molecule has 0 saturated heterocycles. The second-order valence-corrected chi connectivity index (χ2v) is 19.6. The Balaban J connectivity index is 4.05. The van der Waals surface area contributed by atoms with Crippen LogP contribution < -0.4 is 4.89 Å². The van der Waals surface area contributed by atoms with E-state index in [0.29, 0.717) is 24.1 Å². The maximum Gasteiger partial charge on any atom is 0.306 e. The molecule has 0 N–H and O–H groups in total. The van der Waals surface area contributed by atoms with Crippen molar-refractivity contribution >= 4 is 13.8 Å². The first-order valence-corrected chi connectivity index (χ1v) is 26.8. The van der Waals surface area contributed by atoms with Gasteiger partial charge in [0.05, 0.1) is 34.4 Å². The predicted octanol–water partition coefficient (Wildman–Crippen LogP) is 14.9. The maximum atomic E-state index is 12.7. The van der Waals surface area contributed by atoms with Crippen LogP contribution in [-0.2, 0) is 27.9 Å². The minimum Gasteiger partial charge on any atom is -0.756 e. The first-order valence-electron chi connectivity index (χ1n) is 25.4. The van der Waals surface area contributed by atoms with E-state index in [-0.39, 0.29) is 25.8 Å². The zero-order chi connectivity index (χ0) is 44.8. The molecule has 0 aliphatic carbocycles. The van der Waals surface area contributed by atoms with Gasteiger partial charge in [0.2, 0.25) is 0 Å². The van der Waals surface area contributed by atoms with Crippen LogP contribution in [0.15, 0.2) is 48.6 Å². The molecule has 0 amide bonds. The molecule has 2 atom stereocenters. The Morgan fingerprint density at radius 2 is 0.934 bits per heavy atom. The molecule has 2 unspecified atom stereocenters. The highest BCUT2D eigenvalue weighted by molar-refractivity contribution is 7.45. The molecule has 0 aliphatic heterocycles. The number of rotatable bonds is 47. The van der Waals surface area contributed by atoms with Gasteiger partial charge in [-0.05, 0) is 70.6 Å². The van der Waals surface area contributed by atoms with Gasteiger partial charge in [0.25, 0.3) is 7.82 Å². The van der Waals surface area contributed by atoms with Crippen LogP contribution in [0.25, 0.3) is 0 Å². The number of phosphoric acid groups is 1. The lowest BCUT2D eigenvalue weighted by molar-refractivity contribution is -0.870. The number of unbranched alkanes of at least 4 members (excludes halogenated alkanes) is 25. The van der Waals surface area contributed by atoms with Crippen LogP contribution in [0, 0.1) is 0 Å². The quantitative estimate of drug-likeness (QED) is 0.0198. The van der Waals surface area contributed by atoms with Gasteiger partial charge in [-0.25, -0.2) is 0 Å². The standard InChI is InChI=1S/C52H98NO7P/c1-6-8-10-12-14-16-18-20-21-22-23-24-25-26-27-28-29-30-31-32-34-36-38-40-42-44-47-57-49-51(50-59-61(55,56)58-48-46-53(3,4)5)60-52(54)45-43-41-39-37-35-33-19-17-15-13-11-9-7-2/h11,13,17-20,22-23,51H,6-10,12,14-16,21,24-50H2,1-5H3/b13-11-,19-17-,20-18-,23-22-. The number of phosphoric ester groups is 1. The molecule has 0 radical (unpaired) electrons. The Bertz CT molecular complexity index is 1120. The van der Waals surface area contributed by atoms with Crippen LogP contribution >= 0.6 is 7.82 Å². The maximum absolute atomic E-state index is 12.7. The summed E-state index contributed by atoms with van der Waals surface area (Å²) in [5.74, 6) is -0.348. The number of quaternary nitrogens is 1. The average Bonchev–Trinajstić information content (AvgIpc) is 3.22. The van der Waals surface area contributed by atoms with E-state index in [9.17, 15) is 14.3 Å². The fraction of sp³-hybridized carbons (Fsp3) is 0.827. The number of carbonyl (C=O) groups excluding carboxylic acids is 1. The topological polar surface area (TPSA) is 94.1 Å². The fourth-order valence-electron chi connectivity index (χ4n) is 6.91. The van der Waals surface area contributed by atoms with E-state index in [1.54, 1.807) is 0 Å². The van der Waals surface area contributed by atoms with Crippen molar-refractivity contribution in [2.24, 2.45) is 0 Å². The fourth-order valence-corrected chi connectivity index (χ4v) is 7.64. The monoisotopic (exact) mass is 880 g/mol. The van der Waals surface area contributed by atoms with Gasteiger partial charge in [0.1, 0.15) is 19.3 Å².